The average molecular weight is 344 g/mol. The van der Waals surface area contributed by atoms with E-state index in [1.807, 2.05) is 0 Å². The summed E-state index contributed by atoms with van der Waals surface area (Å²) in [6, 6.07) is 3.89. The molecule has 0 atom stereocenters. The lowest BCUT2D eigenvalue weighted by molar-refractivity contribution is -0.385. The summed E-state index contributed by atoms with van der Waals surface area (Å²) in [5, 5.41) is 32.4. The first-order chi connectivity index (χ1) is 11.8. The Kier molecular flexibility index (Phi) is 3.45. The van der Waals surface area contributed by atoms with Gasteiger partial charge in [0.25, 0.3) is 11.4 Å². The van der Waals surface area contributed by atoms with E-state index < -0.39 is 60.8 Å². The second kappa shape index (κ2) is 5.37. The molecule has 0 saturated heterocycles. The zero-order chi connectivity index (χ0) is 18.5. The van der Waals surface area contributed by atoms with E-state index in [4.69, 9.17) is 4.74 Å². The van der Waals surface area contributed by atoms with E-state index in [0.717, 1.165) is 24.3 Å². The third-order valence-corrected chi connectivity index (χ3v) is 3.83. The molecule has 0 saturated carbocycles. The van der Waals surface area contributed by atoms with Crippen molar-refractivity contribution in [3.8, 4) is 11.5 Å². The summed E-state index contributed by atoms with van der Waals surface area (Å²) in [5.41, 5.74) is -3.62. The number of fused-ring (bicyclic) bond motifs is 2. The number of ketones is 2. The summed E-state index contributed by atoms with van der Waals surface area (Å²) in [6.07, 6.45) is 0. The minimum Gasteiger partial charge on any atom is -0.507 e. The minimum atomic E-state index is -1.06. The average Bonchev–Trinajstić information content (AvgIpc) is 2.57. The number of nitrogens with zero attached hydrogens (tertiary/aromatic N) is 2. The number of ether oxygens (including phenoxy) is 1. The number of rotatable bonds is 3. The van der Waals surface area contributed by atoms with Crippen LogP contribution in [0.15, 0.2) is 24.3 Å². The second-order valence-electron chi connectivity index (χ2n) is 5.06. The zero-order valence-corrected chi connectivity index (χ0v) is 12.5. The SMILES string of the molecule is COc1ccc([N+](=O)[O-])c2c1C(=O)c1c([N+](=O)[O-])ccc(O)c1C2=O. The fourth-order valence-corrected chi connectivity index (χ4v) is 2.79. The number of aromatic hydroxyl groups is 1. The van der Waals surface area contributed by atoms with Crippen LogP contribution in [0, 0.1) is 20.2 Å². The van der Waals surface area contributed by atoms with Gasteiger partial charge in [0.2, 0.25) is 11.6 Å². The van der Waals surface area contributed by atoms with Crippen LogP contribution in [-0.4, -0.2) is 33.6 Å². The molecule has 0 bridgehead atoms. The van der Waals surface area contributed by atoms with Gasteiger partial charge in [0.05, 0.1) is 28.1 Å². The van der Waals surface area contributed by atoms with Crippen LogP contribution in [0.1, 0.15) is 31.8 Å². The van der Waals surface area contributed by atoms with Crippen molar-refractivity contribution >= 4 is 22.9 Å². The van der Waals surface area contributed by atoms with Crippen molar-refractivity contribution in [1.29, 1.82) is 0 Å². The monoisotopic (exact) mass is 344 g/mol. The van der Waals surface area contributed by atoms with Gasteiger partial charge < -0.3 is 9.84 Å². The lowest BCUT2D eigenvalue weighted by atomic mass is 9.81. The van der Waals surface area contributed by atoms with Crippen LogP contribution >= 0.6 is 0 Å². The van der Waals surface area contributed by atoms with Gasteiger partial charge >= 0.3 is 0 Å². The summed E-state index contributed by atoms with van der Waals surface area (Å²) >= 11 is 0. The molecule has 0 spiro atoms. The predicted octanol–water partition coefficient (Wildman–Crippen LogP) is 1.99. The maximum atomic E-state index is 12.8. The van der Waals surface area contributed by atoms with Crippen molar-refractivity contribution < 1.29 is 29.3 Å². The number of methoxy groups -OCH3 is 1. The molecule has 0 amide bonds. The van der Waals surface area contributed by atoms with Crippen molar-refractivity contribution in [2.45, 2.75) is 0 Å². The molecule has 1 aliphatic rings. The van der Waals surface area contributed by atoms with Crippen molar-refractivity contribution in [2.24, 2.45) is 0 Å². The highest BCUT2D eigenvalue weighted by atomic mass is 16.6. The molecule has 126 valence electrons. The van der Waals surface area contributed by atoms with E-state index in [-0.39, 0.29) is 5.75 Å². The van der Waals surface area contributed by atoms with E-state index in [2.05, 4.69) is 0 Å². The molecule has 0 aromatic heterocycles. The number of benzene rings is 2. The first kappa shape index (κ1) is 16.1. The summed E-state index contributed by atoms with van der Waals surface area (Å²) < 4.78 is 4.98. The minimum absolute atomic E-state index is 0.137. The van der Waals surface area contributed by atoms with Gasteiger partial charge in [-0.2, -0.15) is 0 Å². The van der Waals surface area contributed by atoms with E-state index in [9.17, 15) is 34.9 Å². The Balaban J connectivity index is 2.48. The molecule has 0 unspecified atom stereocenters. The van der Waals surface area contributed by atoms with E-state index in [1.165, 1.54) is 7.11 Å². The summed E-state index contributed by atoms with van der Waals surface area (Å²) in [4.78, 5) is 46.3. The van der Waals surface area contributed by atoms with Gasteiger partial charge in [-0.3, -0.25) is 29.8 Å². The molecule has 10 heteroatoms. The van der Waals surface area contributed by atoms with Crippen molar-refractivity contribution in [1.82, 2.24) is 0 Å². The standard InChI is InChI=1S/C15H8N2O8/c1-25-9-5-3-7(17(23)24)11-13(9)15(20)10-6(16(21)22)2-4-8(18)12(10)14(11)19/h2-5,18H,1H3. The van der Waals surface area contributed by atoms with Crippen LogP contribution in [0.2, 0.25) is 0 Å². The first-order valence-electron chi connectivity index (χ1n) is 6.74. The maximum absolute atomic E-state index is 12.8. The fourth-order valence-electron chi connectivity index (χ4n) is 2.79. The van der Waals surface area contributed by atoms with E-state index in [0.29, 0.717) is 0 Å². The molecule has 3 rings (SSSR count). The fraction of sp³-hybridized carbons (Fsp3) is 0.0667. The number of nitro benzene ring substituents is 2. The summed E-state index contributed by atoms with van der Waals surface area (Å²) in [5.74, 6) is -2.88. The molecule has 0 fully saturated rings. The van der Waals surface area contributed by atoms with Crippen molar-refractivity contribution in [3.63, 3.8) is 0 Å². The Hall–Kier alpha value is -3.82. The predicted molar refractivity (Wildman–Crippen MR) is 81.3 cm³/mol. The molecule has 0 radical (unpaired) electrons. The van der Waals surface area contributed by atoms with Gasteiger partial charge in [-0.25, -0.2) is 0 Å². The maximum Gasteiger partial charge on any atom is 0.281 e. The highest BCUT2D eigenvalue weighted by Gasteiger charge is 2.43. The molecule has 2 aromatic carbocycles. The molecule has 1 N–H and O–H groups in total. The molecule has 2 aromatic rings. The number of phenols is 1. The van der Waals surface area contributed by atoms with Crippen LogP contribution in [0.3, 0.4) is 0 Å². The third kappa shape index (κ3) is 2.11. The Morgan fingerprint density at radius 3 is 1.84 bits per heavy atom. The quantitative estimate of drug-likeness (QED) is 0.559. The van der Waals surface area contributed by atoms with Gasteiger partial charge in [0.15, 0.2) is 0 Å². The van der Waals surface area contributed by atoms with Crippen LogP contribution in [0.25, 0.3) is 0 Å². The number of carbonyl (C=O) groups is 2. The highest BCUT2D eigenvalue weighted by Crippen LogP contribution is 2.43. The number of phenolic OH excluding ortho intramolecular Hbond substituents is 1. The lowest BCUT2D eigenvalue weighted by Crippen LogP contribution is -2.24. The third-order valence-electron chi connectivity index (χ3n) is 3.83. The smallest absolute Gasteiger partial charge is 0.281 e. The van der Waals surface area contributed by atoms with Gasteiger partial charge in [0, 0.05) is 12.1 Å². The Morgan fingerprint density at radius 2 is 1.32 bits per heavy atom. The van der Waals surface area contributed by atoms with Crippen LogP contribution in [0.4, 0.5) is 11.4 Å². The van der Waals surface area contributed by atoms with Crippen molar-refractivity contribution in [3.05, 3.63) is 66.7 Å². The molecule has 0 aliphatic heterocycles. The number of carbonyl (C=O) groups excluding carboxylic acids is 2. The molecule has 25 heavy (non-hydrogen) atoms. The molecule has 10 nitrogen and oxygen atoms in total. The number of hydrogen-bond acceptors (Lipinski definition) is 8. The summed E-state index contributed by atoms with van der Waals surface area (Å²) in [7, 11) is 1.19. The lowest BCUT2D eigenvalue weighted by Gasteiger charge is -2.20. The van der Waals surface area contributed by atoms with Gasteiger partial charge in [-0.15, -0.1) is 0 Å². The van der Waals surface area contributed by atoms with Crippen LogP contribution in [-0.2, 0) is 0 Å². The molecular formula is C15H8N2O8. The van der Waals surface area contributed by atoms with Crippen LogP contribution < -0.4 is 4.74 Å². The van der Waals surface area contributed by atoms with Crippen LogP contribution in [0.5, 0.6) is 11.5 Å². The topological polar surface area (TPSA) is 150 Å². The Bertz CT molecular complexity index is 996. The van der Waals surface area contributed by atoms with E-state index >= 15 is 0 Å². The largest absolute Gasteiger partial charge is 0.507 e. The summed E-state index contributed by atoms with van der Waals surface area (Å²) in [6.45, 7) is 0. The molecule has 1 aliphatic carbocycles. The number of hydrogen-bond donors (Lipinski definition) is 1. The number of nitro groups is 2. The Morgan fingerprint density at radius 1 is 0.840 bits per heavy atom. The van der Waals surface area contributed by atoms with E-state index in [1.54, 1.807) is 0 Å². The van der Waals surface area contributed by atoms with Gasteiger partial charge in [-0.1, -0.05) is 0 Å². The Labute approximate surface area is 138 Å². The second-order valence-corrected chi connectivity index (χ2v) is 5.06. The molecule has 0 heterocycles. The molecular weight excluding hydrogens is 336 g/mol. The normalized spacial score (nSPS) is 12.4. The van der Waals surface area contributed by atoms with Crippen molar-refractivity contribution in [2.75, 3.05) is 7.11 Å². The first-order valence-corrected chi connectivity index (χ1v) is 6.74. The zero-order valence-electron chi connectivity index (χ0n) is 12.5. The van der Waals surface area contributed by atoms with Gasteiger partial charge in [-0.05, 0) is 12.1 Å². The van der Waals surface area contributed by atoms with Gasteiger partial charge in [0.1, 0.15) is 22.6 Å². The highest BCUT2D eigenvalue weighted by molar-refractivity contribution is 6.32.